The number of allylic oxidation sites excluding steroid dienone is 2. The van der Waals surface area contributed by atoms with Crippen molar-refractivity contribution in [3.05, 3.63) is 118 Å². The van der Waals surface area contributed by atoms with Crippen molar-refractivity contribution >= 4 is 5.78 Å². The van der Waals surface area contributed by atoms with Crippen LogP contribution in [0.3, 0.4) is 0 Å². The maximum absolute atomic E-state index is 14.4. The zero-order chi connectivity index (χ0) is 37.6. The molecule has 6 atom stereocenters. The molecule has 53 heavy (non-hydrogen) atoms. The van der Waals surface area contributed by atoms with E-state index >= 15 is 0 Å². The molecule has 3 aliphatic carbocycles. The number of rotatable bonds is 12. The van der Waals surface area contributed by atoms with Crippen LogP contribution in [0.5, 0.6) is 0 Å². The van der Waals surface area contributed by atoms with Crippen LogP contribution in [-0.2, 0) is 22.5 Å². The summed E-state index contributed by atoms with van der Waals surface area (Å²) in [6, 6.07) is 18.7. The van der Waals surface area contributed by atoms with Crippen LogP contribution >= 0.6 is 0 Å². The molecule has 7 nitrogen and oxygen atoms in total. The second kappa shape index (κ2) is 17.4. The van der Waals surface area contributed by atoms with Gasteiger partial charge in [0.05, 0.1) is 37.1 Å². The Kier molecular flexibility index (Phi) is 13.0. The molecule has 1 saturated carbocycles. The van der Waals surface area contributed by atoms with Crippen molar-refractivity contribution in [2.45, 2.75) is 108 Å². The summed E-state index contributed by atoms with van der Waals surface area (Å²) in [7, 11) is 0. The van der Waals surface area contributed by atoms with E-state index in [9.17, 15) is 28.9 Å². The van der Waals surface area contributed by atoms with Crippen molar-refractivity contribution in [1.29, 1.82) is 0 Å². The van der Waals surface area contributed by atoms with E-state index in [-0.39, 0.29) is 24.2 Å². The van der Waals surface area contributed by atoms with E-state index < -0.39 is 40.6 Å². The number of halogens is 2. The number of hydrogen-bond acceptors (Lipinski definition) is 7. The Morgan fingerprint density at radius 3 is 2.60 bits per heavy atom. The molecule has 2 bridgehead atoms. The van der Waals surface area contributed by atoms with Gasteiger partial charge in [-0.2, -0.15) is 0 Å². The number of aliphatic hydroxyl groups is 3. The standard InChI is InChI=1S/C44H55F2NO6/c1-30-8-6-19-43(2)39(37-16-13-32(22-34(48)15-12-30)23-38(37)42(50)33-14-17-40(45)41(46)24-33)18-20-44(43,51)29-47(26-36-11-7-21-53-36)25-35(49)28-52-27-31-9-4-3-5-10-31/h3-5,8-10,13-14,16-17,23-24,34-36,39,48-49,51H,6-7,11-12,15,18-22,25-29H2,1-2H3. The fourth-order valence-corrected chi connectivity index (χ4v) is 8.88. The molecule has 1 heterocycles. The predicted molar refractivity (Wildman–Crippen MR) is 201 cm³/mol. The SMILES string of the molecule is CC1=CCCC2(C)C(CCC2(O)CN(CC(O)COCc2ccccc2)CC2CCCO2)c2ccc(cc2C(=O)c2ccc(F)c(F)c2)CC(O)CC1. The van der Waals surface area contributed by atoms with Crippen LogP contribution in [-0.4, -0.2) is 82.8 Å². The van der Waals surface area contributed by atoms with Crippen LogP contribution in [0.25, 0.3) is 0 Å². The van der Waals surface area contributed by atoms with Crippen molar-refractivity contribution < 1.29 is 38.4 Å². The minimum atomic E-state index is -1.20. The third kappa shape index (κ3) is 9.50. The van der Waals surface area contributed by atoms with Gasteiger partial charge in [-0.15, -0.1) is 0 Å². The molecule has 4 aliphatic rings. The molecule has 9 heteroatoms. The van der Waals surface area contributed by atoms with Crippen molar-refractivity contribution in [3.8, 4) is 0 Å². The number of aliphatic hydroxyl groups excluding tert-OH is 2. The molecule has 2 fully saturated rings. The molecule has 0 aromatic heterocycles. The van der Waals surface area contributed by atoms with Gasteiger partial charge < -0.3 is 24.8 Å². The molecular formula is C44H55F2NO6. The highest BCUT2D eigenvalue weighted by molar-refractivity contribution is 6.10. The monoisotopic (exact) mass is 731 g/mol. The molecule has 7 rings (SSSR count). The Bertz CT molecular complexity index is 1730. The highest BCUT2D eigenvalue weighted by Crippen LogP contribution is 2.59. The number of ether oxygens (including phenoxy) is 2. The summed E-state index contributed by atoms with van der Waals surface area (Å²) >= 11 is 0. The summed E-state index contributed by atoms with van der Waals surface area (Å²) in [6.07, 6.45) is 6.74. The summed E-state index contributed by atoms with van der Waals surface area (Å²) in [5.41, 5.74) is 2.28. The second-order valence-electron chi connectivity index (χ2n) is 15.9. The largest absolute Gasteiger partial charge is 0.393 e. The number of carbonyl (C=O) groups is 1. The number of benzene rings is 3. The van der Waals surface area contributed by atoms with Gasteiger partial charge in [-0.25, -0.2) is 8.78 Å². The van der Waals surface area contributed by atoms with E-state index in [1.54, 1.807) is 6.07 Å². The fourth-order valence-electron chi connectivity index (χ4n) is 8.88. The summed E-state index contributed by atoms with van der Waals surface area (Å²) in [6.45, 7) is 6.60. The third-order valence-corrected chi connectivity index (χ3v) is 12.0. The van der Waals surface area contributed by atoms with Gasteiger partial charge in [-0.3, -0.25) is 9.69 Å². The van der Waals surface area contributed by atoms with Gasteiger partial charge in [0.1, 0.15) is 0 Å². The average molecular weight is 732 g/mol. The summed E-state index contributed by atoms with van der Waals surface area (Å²) in [5.74, 6) is -2.77. The lowest BCUT2D eigenvalue weighted by Crippen LogP contribution is -2.55. The predicted octanol–water partition coefficient (Wildman–Crippen LogP) is 7.29. The van der Waals surface area contributed by atoms with E-state index in [1.165, 1.54) is 11.6 Å². The number of nitrogens with zero attached hydrogens (tertiary/aromatic N) is 1. The molecule has 1 saturated heterocycles. The topological polar surface area (TPSA) is 99.5 Å². The van der Waals surface area contributed by atoms with Crippen LogP contribution in [0, 0.1) is 17.0 Å². The van der Waals surface area contributed by atoms with Crippen LogP contribution in [0.2, 0.25) is 0 Å². The summed E-state index contributed by atoms with van der Waals surface area (Å²) < 4.78 is 40.3. The van der Waals surface area contributed by atoms with E-state index in [0.717, 1.165) is 48.1 Å². The van der Waals surface area contributed by atoms with Crippen LogP contribution in [0.4, 0.5) is 8.78 Å². The average Bonchev–Trinajstić information content (AvgIpc) is 3.73. The quantitative estimate of drug-likeness (QED) is 0.133. The van der Waals surface area contributed by atoms with Crippen LogP contribution < -0.4 is 0 Å². The Labute approximate surface area is 312 Å². The number of carbonyl (C=O) groups excluding carboxylic acids is 1. The molecule has 0 spiro atoms. The Balaban J connectivity index is 1.32. The number of hydrogen-bond donors (Lipinski definition) is 3. The first-order chi connectivity index (χ1) is 25.4. The first-order valence-electron chi connectivity index (χ1n) is 19.3. The fraction of sp³-hybridized carbons (Fsp3) is 0.523. The number of fused-ring (bicyclic) bond motifs is 8. The molecule has 1 aliphatic heterocycles. The Morgan fingerprint density at radius 1 is 1.04 bits per heavy atom. The lowest BCUT2D eigenvalue weighted by molar-refractivity contribution is -0.0961. The lowest BCUT2D eigenvalue weighted by atomic mass is 9.64. The van der Waals surface area contributed by atoms with Crippen LogP contribution in [0.15, 0.2) is 78.4 Å². The minimum Gasteiger partial charge on any atom is -0.393 e. The van der Waals surface area contributed by atoms with Crippen LogP contribution in [0.1, 0.15) is 104 Å². The Morgan fingerprint density at radius 2 is 1.85 bits per heavy atom. The molecule has 3 N–H and O–H groups in total. The highest BCUT2D eigenvalue weighted by Gasteiger charge is 2.57. The maximum Gasteiger partial charge on any atom is 0.193 e. The highest BCUT2D eigenvalue weighted by atomic mass is 19.2. The van der Waals surface area contributed by atoms with Gasteiger partial charge in [0.25, 0.3) is 0 Å². The van der Waals surface area contributed by atoms with Crippen molar-refractivity contribution in [1.82, 2.24) is 4.90 Å². The Hall–Kier alpha value is -3.31. The maximum atomic E-state index is 14.4. The van der Waals surface area contributed by atoms with Crippen molar-refractivity contribution in [3.63, 3.8) is 0 Å². The van der Waals surface area contributed by atoms with E-state index in [4.69, 9.17) is 9.47 Å². The van der Waals surface area contributed by atoms with E-state index in [0.29, 0.717) is 76.9 Å². The minimum absolute atomic E-state index is 0.00107. The molecule has 3 aromatic carbocycles. The first kappa shape index (κ1) is 39.4. The summed E-state index contributed by atoms with van der Waals surface area (Å²) in [4.78, 5) is 16.3. The molecule has 6 unspecified atom stereocenters. The smallest absolute Gasteiger partial charge is 0.193 e. The van der Waals surface area contributed by atoms with Gasteiger partial charge in [0, 0.05) is 42.8 Å². The normalized spacial score (nSPS) is 27.0. The number of ketones is 1. The molecule has 0 amide bonds. The first-order valence-corrected chi connectivity index (χ1v) is 19.3. The molecule has 286 valence electrons. The van der Waals surface area contributed by atoms with Gasteiger partial charge in [0.2, 0.25) is 0 Å². The zero-order valence-electron chi connectivity index (χ0n) is 31.1. The van der Waals surface area contributed by atoms with Gasteiger partial charge in [-0.05, 0) is 112 Å². The zero-order valence-corrected chi connectivity index (χ0v) is 31.1. The molecular weight excluding hydrogens is 676 g/mol. The van der Waals surface area contributed by atoms with Gasteiger partial charge >= 0.3 is 0 Å². The van der Waals surface area contributed by atoms with Gasteiger partial charge in [0.15, 0.2) is 17.4 Å². The summed E-state index contributed by atoms with van der Waals surface area (Å²) in [5, 5.41) is 35.1. The van der Waals surface area contributed by atoms with Gasteiger partial charge in [-0.1, -0.05) is 61.0 Å². The molecule has 3 aromatic rings. The second-order valence-corrected chi connectivity index (χ2v) is 15.9. The molecule has 0 radical (unpaired) electrons. The third-order valence-electron chi connectivity index (χ3n) is 12.0. The lowest BCUT2D eigenvalue weighted by Gasteiger charge is -2.46. The van der Waals surface area contributed by atoms with Crippen molar-refractivity contribution in [2.24, 2.45) is 5.41 Å². The van der Waals surface area contributed by atoms with E-state index in [1.807, 2.05) is 42.5 Å². The van der Waals surface area contributed by atoms with Crippen molar-refractivity contribution in [2.75, 3.05) is 32.8 Å². The van der Waals surface area contributed by atoms with E-state index in [2.05, 4.69) is 24.8 Å².